The molecular weight excluding hydrogens is 175 g/mol. The predicted octanol–water partition coefficient (Wildman–Crippen LogP) is 0.410. The van der Waals surface area contributed by atoms with Gasteiger partial charge in [-0.3, -0.25) is 0 Å². The molecule has 2 N–H and O–H groups in total. The maximum atomic E-state index is 11.0. The molecule has 0 saturated heterocycles. The van der Waals surface area contributed by atoms with Gasteiger partial charge in [0.15, 0.2) is 12.8 Å². The standard InChI is InChI=1S/C7H19N2O2P/c1-9(2,3)5-6-11-12(10)7-4-8/h4-8H2,1-3H3/q+2. The van der Waals surface area contributed by atoms with Gasteiger partial charge in [-0.15, -0.1) is 4.52 Å². The lowest BCUT2D eigenvalue weighted by molar-refractivity contribution is -0.870. The van der Waals surface area contributed by atoms with Crippen molar-refractivity contribution >= 4 is 8.03 Å². The highest BCUT2D eigenvalue weighted by Crippen LogP contribution is 2.19. The van der Waals surface area contributed by atoms with E-state index in [1.54, 1.807) is 0 Å². The summed E-state index contributed by atoms with van der Waals surface area (Å²) in [6, 6.07) is 0. The quantitative estimate of drug-likeness (QED) is 0.492. The second-order valence-corrected chi connectivity index (χ2v) is 5.06. The van der Waals surface area contributed by atoms with E-state index in [0.29, 0.717) is 19.3 Å². The number of hydrogen-bond donors (Lipinski definition) is 1. The summed E-state index contributed by atoms with van der Waals surface area (Å²) in [6.45, 7) is 1.84. The summed E-state index contributed by atoms with van der Waals surface area (Å²) in [5.74, 6) is 0. The van der Waals surface area contributed by atoms with Gasteiger partial charge < -0.3 is 10.2 Å². The SMILES string of the molecule is C[N+](C)(C)CCO[P+](=O)CCN. The van der Waals surface area contributed by atoms with Crippen molar-refractivity contribution in [2.75, 3.05) is 47.0 Å². The van der Waals surface area contributed by atoms with Crippen LogP contribution in [-0.2, 0) is 9.09 Å². The molecule has 0 bridgehead atoms. The Morgan fingerprint density at radius 2 is 2.00 bits per heavy atom. The molecule has 1 atom stereocenters. The van der Waals surface area contributed by atoms with Gasteiger partial charge in [-0.05, 0) is 4.57 Å². The van der Waals surface area contributed by atoms with Crippen molar-refractivity contribution in [2.24, 2.45) is 5.73 Å². The molecule has 1 unspecified atom stereocenters. The smallest absolute Gasteiger partial charge is 0.329 e. The molecule has 0 saturated carbocycles. The Labute approximate surface area is 75.1 Å². The summed E-state index contributed by atoms with van der Waals surface area (Å²) in [4.78, 5) is 0. The molecule has 12 heavy (non-hydrogen) atoms. The first-order chi connectivity index (χ1) is 5.45. The highest BCUT2D eigenvalue weighted by Gasteiger charge is 2.17. The van der Waals surface area contributed by atoms with Gasteiger partial charge in [-0.1, -0.05) is 0 Å². The van der Waals surface area contributed by atoms with E-state index in [2.05, 4.69) is 21.1 Å². The van der Waals surface area contributed by atoms with Crippen molar-refractivity contribution in [1.82, 2.24) is 0 Å². The van der Waals surface area contributed by atoms with Crippen molar-refractivity contribution < 1.29 is 13.6 Å². The Balaban J connectivity index is 3.37. The molecule has 0 fully saturated rings. The number of nitrogens with zero attached hydrogens (tertiary/aromatic N) is 1. The van der Waals surface area contributed by atoms with Crippen LogP contribution >= 0.6 is 8.03 Å². The van der Waals surface area contributed by atoms with Crippen molar-refractivity contribution in [3.05, 3.63) is 0 Å². The Morgan fingerprint density at radius 1 is 1.42 bits per heavy atom. The fourth-order valence-electron chi connectivity index (χ4n) is 0.586. The predicted molar refractivity (Wildman–Crippen MR) is 50.4 cm³/mol. The molecule has 0 aliphatic heterocycles. The molecule has 0 rings (SSSR count). The lowest BCUT2D eigenvalue weighted by Crippen LogP contribution is -2.37. The van der Waals surface area contributed by atoms with E-state index in [1.807, 2.05) is 0 Å². The van der Waals surface area contributed by atoms with Crippen LogP contribution in [-0.4, -0.2) is 51.5 Å². The summed E-state index contributed by atoms with van der Waals surface area (Å²) >= 11 is 0. The molecule has 5 heteroatoms. The van der Waals surface area contributed by atoms with Crippen molar-refractivity contribution in [2.45, 2.75) is 0 Å². The van der Waals surface area contributed by atoms with Crippen molar-refractivity contribution in [1.29, 1.82) is 0 Å². The lowest BCUT2D eigenvalue weighted by atomic mass is 10.5. The maximum Gasteiger partial charge on any atom is 0.509 e. The van der Waals surface area contributed by atoms with Gasteiger partial charge in [-0.25, -0.2) is 0 Å². The molecule has 0 amide bonds. The van der Waals surface area contributed by atoms with E-state index >= 15 is 0 Å². The molecule has 72 valence electrons. The zero-order valence-electron chi connectivity index (χ0n) is 8.12. The number of nitrogens with two attached hydrogens (primary N) is 1. The Bertz CT molecular complexity index is 145. The number of quaternary nitrogens is 1. The summed E-state index contributed by atoms with van der Waals surface area (Å²) in [5, 5.41) is 0. The van der Waals surface area contributed by atoms with E-state index in [0.717, 1.165) is 11.0 Å². The largest absolute Gasteiger partial charge is 0.509 e. The van der Waals surface area contributed by atoms with Gasteiger partial charge in [0.2, 0.25) is 0 Å². The van der Waals surface area contributed by atoms with Crippen LogP contribution in [0.3, 0.4) is 0 Å². The van der Waals surface area contributed by atoms with E-state index in [-0.39, 0.29) is 0 Å². The third-order valence-corrected chi connectivity index (χ3v) is 2.40. The van der Waals surface area contributed by atoms with Gasteiger partial charge in [0.25, 0.3) is 0 Å². The summed E-state index contributed by atoms with van der Waals surface area (Å²) < 4.78 is 16.9. The van der Waals surface area contributed by atoms with Crippen LogP contribution in [0.4, 0.5) is 0 Å². The van der Waals surface area contributed by atoms with Crippen LogP contribution < -0.4 is 5.73 Å². The molecule has 0 aromatic carbocycles. The van der Waals surface area contributed by atoms with Crippen LogP contribution in [0.25, 0.3) is 0 Å². The van der Waals surface area contributed by atoms with E-state index in [9.17, 15) is 4.57 Å². The maximum absolute atomic E-state index is 11.0. The summed E-state index contributed by atoms with van der Waals surface area (Å²) in [6.07, 6.45) is 0.465. The fourth-order valence-corrected chi connectivity index (χ4v) is 1.21. The first kappa shape index (κ1) is 12.0. The first-order valence-corrected chi connectivity index (χ1v) is 5.40. The minimum atomic E-state index is -1.52. The topological polar surface area (TPSA) is 52.3 Å². The molecule has 4 nitrogen and oxygen atoms in total. The minimum Gasteiger partial charge on any atom is -0.329 e. The molecule has 0 spiro atoms. The highest BCUT2D eigenvalue weighted by molar-refractivity contribution is 7.39. The van der Waals surface area contributed by atoms with Gasteiger partial charge in [0.1, 0.15) is 6.54 Å². The van der Waals surface area contributed by atoms with Gasteiger partial charge in [0.05, 0.1) is 21.1 Å². The zero-order chi connectivity index (χ0) is 9.61. The molecule has 0 aliphatic rings. The average Bonchev–Trinajstić information content (AvgIpc) is 1.84. The first-order valence-electron chi connectivity index (χ1n) is 4.04. The number of hydrogen-bond acceptors (Lipinski definition) is 3. The summed E-state index contributed by atoms with van der Waals surface area (Å²) in [5.41, 5.74) is 5.22. The Kier molecular flexibility index (Phi) is 5.59. The molecule has 0 aromatic heterocycles. The molecule has 0 aromatic rings. The number of likely N-dealkylation sites (N-methyl/N-ethyl adjacent to an activating group) is 1. The Morgan fingerprint density at radius 3 is 2.42 bits per heavy atom. The molecule has 0 aliphatic carbocycles. The summed E-state index contributed by atoms with van der Waals surface area (Å²) in [7, 11) is 4.69. The lowest BCUT2D eigenvalue weighted by Gasteiger charge is -2.21. The zero-order valence-corrected chi connectivity index (χ0v) is 9.01. The highest BCUT2D eigenvalue weighted by atomic mass is 31.1. The van der Waals surface area contributed by atoms with Gasteiger partial charge >= 0.3 is 8.03 Å². The minimum absolute atomic E-state index is 0.430. The van der Waals surface area contributed by atoms with Gasteiger partial charge in [-0.2, -0.15) is 0 Å². The molecule has 0 heterocycles. The van der Waals surface area contributed by atoms with E-state index in [4.69, 9.17) is 10.3 Å². The van der Waals surface area contributed by atoms with E-state index in [1.165, 1.54) is 0 Å². The second kappa shape index (κ2) is 5.60. The number of rotatable bonds is 6. The van der Waals surface area contributed by atoms with Crippen LogP contribution in [0.1, 0.15) is 0 Å². The van der Waals surface area contributed by atoms with Crippen LogP contribution in [0.15, 0.2) is 0 Å². The Hall–Kier alpha value is -0.0200. The monoisotopic (exact) mass is 194 g/mol. The third-order valence-electron chi connectivity index (χ3n) is 1.31. The average molecular weight is 194 g/mol. The molecule has 0 radical (unpaired) electrons. The van der Waals surface area contributed by atoms with Crippen LogP contribution in [0.5, 0.6) is 0 Å². The second-order valence-electron chi connectivity index (χ2n) is 3.69. The van der Waals surface area contributed by atoms with Crippen LogP contribution in [0, 0.1) is 0 Å². The van der Waals surface area contributed by atoms with Crippen molar-refractivity contribution in [3.8, 4) is 0 Å². The van der Waals surface area contributed by atoms with Gasteiger partial charge in [0, 0.05) is 6.54 Å². The third kappa shape index (κ3) is 8.08. The van der Waals surface area contributed by atoms with Crippen molar-refractivity contribution in [3.63, 3.8) is 0 Å². The molecular formula is C7H19N2O2P+2. The normalized spacial score (nSPS) is 13.2. The fraction of sp³-hybridized carbons (Fsp3) is 1.00. The van der Waals surface area contributed by atoms with Crippen LogP contribution in [0.2, 0.25) is 0 Å². The van der Waals surface area contributed by atoms with E-state index < -0.39 is 8.03 Å².